The molecule has 2 unspecified atom stereocenters. The van der Waals surface area contributed by atoms with E-state index < -0.39 is 0 Å². The lowest BCUT2D eigenvalue weighted by atomic mass is 10.1. The molecule has 0 saturated heterocycles. The van der Waals surface area contributed by atoms with Gasteiger partial charge in [0.05, 0.1) is 5.88 Å². The van der Waals surface area contributed by atoms with E-state index in [1.165, 1.54) is 12.0 Å². The predicted molar refractivity (Wildman–Crippen MR) is 76.4 cm³/mol. The zero-order chi connectivity index (χ0) is 13.2. The maximum atomic E-state index is 5.94. The monoisotopic (exact) mass is 275 g/mol. The molecule has 1 aliphatic carbocycles. The number of hydrogen-bond donors (Lipinski definition) is 0. The number of nitrogens with zero attached hydrogens (tertiary/aromatic N) is 3. The lowest BCUT2D eigenvalue weighted by molar-refractivity contribution is 0.618. The lowest BCUT2D eigenvalue weighted by Crippen LogP contribution is -2.06. The number of halogens is 1. The highest BCUT2D eigenvalue weighted by molar-refractivity contribution is 6.16. The second-order valence-corrected chi connectivity index (χ2v) is 5.39. The van der Waals surface area contributed by atoms with Gasteiger partial charge < -0.3 is 4.57 Å². The highest BCUT2D eigenvalue weighted by atomic mass is 35.5. The highest BCUT2D eigenvalue weighted by Crippen LogP contribution is 2.54. The minimum Gasteiger partial charge on any atom is -0.314 e. The molecule has 100 valence electrons. The van der Waals surface area contributed by atoms with Crippen molar-refractivity contribution in [3.05, 3.63) is 47.5 Å². The van der Waals surface area contributed by atoms with Crippen molar-refractivity contribution in [3.63, 3.8) is 0 Å². The van der Waals surface area contributed by atoms with Crippen LogP contribution >= 0.6 is 11.6 Å². The Balaban J connectivity index is 1.83. The zero-order valence-electron chi connectivity index (χ0n) is 11.1. The maximum Gasteiger partial charge on any atom is 0.147 e. The third-order valence-corrected chi connectivity index (χ3v) is 4.01. The quantitative estimate of drug-likeness (QED) is 0.779. The predicted octanol–water partition coefficient (Wildman–Crippen LogP) is 3.70. The molecule has 1 heterocycles. The summed E-state index contributed by atoms with van der Waals surface area (Å²) in [7, 11) is 0. The summed E-state index contributed by atoms with van der Waals surface area (Å²) in [4.78, 5) is 0. The number of alkyl halides is 1. The Hall–Kier alpha value is -1.35. The Morgan fingerprint density at radius 2 is 2.00 bits per heavy atom. The Labute approximate surface area is 118 Å². The molecule has 1 aromatic carbocycles. The molecule has 1 saturated carbocycles. The summed E-state index contributed by atoms with van der Waals surface area (Å²) in [5, 5.41) is 8.60. The lowest BCUT2D eigenvalue weighted by Gasteiger charge is -2.07. The molecule has 0 amide bonds. The molecule has 1 fully saturated rings. The fourth-order valence-electron chi connectivity index (χ4n) is 2.74. The molecule has 2 aromatic rings. The van der Waals surface area contributed by atoms with Crippen LogP contribution in [-0.2, 0) is 12.4 Å². The molecule has 0 N–H and O–H groups in total. The molecule has 1 aliphatic rings. The first-order valence-electron chi connectivity index (χ1n) is 6.88. The van der Waals surface area contributed by atoms with Crippen molar-refractivity contribution < 1.29 is 0 Å². The number of aromatic nitrogens is 3. The standard InChI is InChI=1S/C15H18ClN3/c1-2-8-19-14(10-16)17-18-15(19)13-9-12(13)11-6-4-3-5-7-11/h3-7,12-13H,2,8-10H2,1H3. The summed E-state index contributed by atoms with van der Waals surface area (Å²) in [6, 6.07) is 10.7. The van der Waals surface area contributed by atoms with E-state index in [9.17, 15) is 0 Å². The fraction of sp³-hybridized carbons (Fsp3) is 0.467. The number of hydrogen-bond acceptors (Lipinski definition) is 2. The van der Waals surface area contributed by atoms with Crippen LogP contribution in [-0.4, -0.2) is 14.8 Å². The Bertz CT molecular complexity index is 550. The van der Waals surface area contributed by atoms with E-state index in [0.29, 0.717) is 17.7 Å². The molecule has 3 rings (SSSR count). The van der Waals surface area contributed by atoms with Crippen LogP contribution in [0.15, 0.2) is 30.3 Å². The van der Waals surface area contributed by atoms with Crippen LogP contribution in [0, 0.1) is 0 Å². The van der Waals surface area contributed by atoms with Crippen molar-refractivity contribution in [1.82, 2.24) is 14.8 Å². The Morgan fingerprint density at radius 1 is 1.21 bits per heavy atom. The van der Waals surface area contributed by atoms with Gasteiger partial charge in [0.1, 0.15) is 11.6 Å². The van der Waals surface area contributed by atoms with E-state index in [0.717, 1.165) is 24.6 Å². The van der Waals surface area contributed by atoms with Crippen LogP contribution in [0.2, 0.25) is 0 Å². The van der Waals surface area contributed by atoms with Crippen LogP contribution in [0.4, 0.5) is 0 Å². The van der Waals surface area contributed by atoms with Gasteiger partial charge in [-0.25, -0.2) is 0 Å². The van der Waals surface area contributed by atoms with Gasteiger partial charge in [-0.1, -0.05) is 37.3 Å². The number of benzene rings is 1. The van der Waals surface area contributed by atoms with E-state index in [4.69, 9.17) is 11.6 Å². The first-order chi connectivity index (χ1) is 9.35. The fourth-order valence-corrected chi connectivity index (χ4v) is 2.94. The van der Waals surface area contributed by atoms with Gasteiger partial charge in [0, 0.05) is 12.5 Å². The molecule has 0 spiro atoms. The first kappa shape index (κ1) is 12.7. The van der Waals surface area contributed by atoms with Crippen molar-refractivity contribution in [2.45, 2.75) is 44.0 Å². The van der Waals surface area contributed by atoms with Crippen molar-refractivity contribution in [1.29, 1.82) is 0 Å². The van der Waals surface area contributed by atoms with Gasteiger partial charge >= 0.3 is 0 Å². The van der Waals surface area contributed by atoms with E-state index in [-0.39, 0.29) is 0 Å². The summed E-state index contributed by atoms with van der Waals surface area (Å²) in [5.74, 6) is 3.57. The van der Waals surface area contributed by atoms with Gasteiger partial charge in [-0.3, -0.25) is 0 Å². The van der Waals surface area contributed by atoms with E-state index >= 15 is 0 Å². The van der Waals surface area contributed by atoms with E-state index in [1.807, 2.05) is 0 Å². The molecule has 1 aromatic heterocycles. The average Bonchev–Trinajstić information content (AvgIpc) is 3.15. The van der Waals surface area contributed by atoms with Gasteiger partial charge in [-0.15, -0.1) is 21.8 Å². The molecule has 0 bridgehead atoms. The van der Waals surface area contributed by atoms with Crippen LogP contribution in [0.5, 0.6) is 0 Å². The molecule has 4 heteroatoms. The molecule has 2 atom stereocenters. The SMILES string of the molecule is CCCn1c(CCl)nnc1C1CC1c1ccccc1. The minimum absolute atomic E-state index is 0.440. The summed E-state index contributed by atoms with van der Waals surface area (Å²) in [6.45, 7) is 3.13. The van der Waals surface area contributed by atoms with Crippen molar-refractivity contribution in [2.75, 3.05) is 0 Å². The second-order valence-electron chi connectivity index (χ2n) is 5.12. The molecular formula is C15H18ClN3. The number of rotatable bonds is 5. The first-order valence-corrected chi connectivity index (χ1v) is 7.41. The molecule has 0 aliphatic heterocycles. The second kappa shape index (κ2) is 5.33. The van der Waals surface area contributed by atoms with Gasteiger partial charge in [-0.05, 0) is 24.3 Å². The summed E-state index contributed by atoms with van der Waals surface area (Å²) in [5.41, 5.74) is 1.41. The average molecular weight is 276 g/mol. The van der Waals surface area contributed by atoms with Crippen molar-refractivity contribution >= 4 is 11.6 Å². The minimum atomic E-state index is 0.440. The van der Waals surface area contributed by atoms with Gasteiger partial charge in [0.2, 0.25) is 0 Å². The summed E-state index contributed by atoms with van der Waals surface area (Å²) >= 11 is 5.94. The maximum absolute atomic E-state index is 5.94. The van der Waals surface area contributed by atoms with Gasteiger partial charge in [0.25, 0.3) is 0 Å². The van der Waals surface area contributed by atoms with Crippen LogP contribution in [0.3, 0.4) is 0 Å². The zero-order valence-corrected chi connectivity index (χ0v) is 11.8. The Morgan fingerprint density at radius 3 is 2.68 bits per heavy atom. The van der Waals surface area contributed by atoms with Crippen LogP contribution in [0.1, 0.15) is 48.8 Å². The third kappa shape index (κ3) is 2.39. The molecule has 3 nitrogen and oxygen atoms in total. The van der Waals surface area contributed by atoms with E-state index in [2.05, 4.69) is 52.0 Å². The van der Waals surface area contributed by atoms with Crippen LogP contribution in [0.25, 0.3) is 0 Å². The van der Waals surface area contributed by atoms with Crippen molar-refractivity contribution in [3.8, 4) is 0 Å². The van der Waals surface area contributed by atoms with Crippen molar-refractivity contribution in [2.24, 2.45) is 0 Å². The normalized spacial score (nSPS) is 21.6. The van der Waals surface area contributed by atoms with Gasteiger partial charge in [-0.2, -0.15) is 0 Å². The third-order valence-electron chi connectivity index (χ3n) is 3.77. The topological polar surface area (TPSA) is 30.7 Å². The largest absolute Gasteiger partial charge is 0.314 e. The summed E-state index contributed by atoms with van der Waals surface area (Å²) in [6.07, 6.45) is 2.26. The molecule has 19 heavy (non-hydrogen) atoms. The van der Waals surface area contributed by atoms with E-state index in [1.54, 1.807) is 0 Å². The van der Waals surface area contributed by atoms with Gasteiger partial charge in [0.15, 0.2) is 0 Å². The molecular weight excluding hydrogens is 258 g/mol. The van der Waals surface area contributed by atoms with Crippen LogP contribution < -0.4 is 0 Å². The Kier molecular flexibility index (Phi) is 3.56. The smallest absolute Gasteiger partial charge is 0.147 e. The summed E-state index contributed by atoms with van der Waals surface area (Å²) < 4.78 is 2.21. The highest BCUT2D eigenvalue weighted by Gasteiger charge is 2.43. The molecule has 0 radical (unpaired) electrons.